The highest BCUT2D eigenvalue weighted by Crippen LogP contribution is 2.43. The van der Waals surface area contributed by atoms with Crippen molar-refractivity contribution in [3.05, 3.63) is 47.5 Å². The molecule has 3 aliphatic heterocycles. The van der Waals surface area contributed by atoms with Gasteiger partial charge in [0, 0.05) is 12.1 Å². The zero-order chi connectivity index (χ0) is 29.6. The summed E-state index contributed by atoms with van der Waals surface area (Å²) in [5.41, 5.74) is 0.529. The zero-order valence-electron chi connectivity index (χ0n) is 21.8. The van der Waals surface area contributed by atoms with Gasteiger partial charge in [0.1, 0.15) is 71.3 Å². The fourth-order valence-corrected chi connectivity index (χ4v) is 5.07. The van der Waals surface area contributed by atoms with Crippen LogP contribution in [0.3, 0.4) is 0 Å². The molecule has 0 unspecified atom stereocenters. The van der Waals surface area contributed by atoms with Gasteiger partial charge in [0.2, 0.25) is 6.29 Å². The Labute approximate surface area is 233 Å². The Morgan fingerprint density at radius 3 is 2.27 bits per heavy atom. The van der Waals surface area contributed by atoms with Crippen molar-refractivity contribution in [1.82, 2.24) is 0 Å². The SMILES string of the molecule is C[C@H]1O[C@@H](O[C@@H]2[C@@H](Oc3cc(O)c4c(c3)O[C@H](c3ccc(O)cc3)CC4=O)O[C@@H](CO)[C@@H](O)[C@@H]2O)[C@H](O)[C@H](O)[C@H]1O. The number of carbonyl (C=O) groups is 1. The van der Waals surface area contributed by atoms with Gasteiger partial charge in [-0.05, 0) is 24.6 Å². The number of aromatic hydroxyl groups is 2. The number of ketones is 1. The molecular weight excluding hydrogens is 548 g/mol. The van der Waals surface area contributed by atoms with E-state index in [1.165, 1.54) is 25.1 Å². The molecule has 2 aromatic carbocycles. The molecule has 5 rings (SSSR count). The summed E-state index contributed by atoms with van der Waals surface area (Å²) in [5.74, 6) is -0.947. The Hall–Kier alpha value is -3.05. The van der Waals surface area contributed by atoms with Crippen molar-refractivity contribution < 1.29 is 69.3 Å². The zero-order valence-corrected chi connectivity index (χ0v) is 21.8. The molecule has 3 heterocycles. The molecule has 11 atom stereocenters. The van der Waals surface area contributed by atoms with E-state index in [-0.39, 0.29) is 29.2 Å². The highest BCUT2D eigenvalue weighted by atomic mass is 16.8. The second-order valence-corrected chi connectivity index (χ2v) is 10.2. The van der Waals surface area contributed by atoms with Crippen molar-refractivity contribution in [3.8, 4) is 23.0 Å². The van der Waals surface area contributed by atoms with Crippen LogP contribution in [0.4, 0.5) is 0 Å². The first-order valence-electron chi connectivity index (χ1n) is 13.0. The number of hydrogen-bond acceptors (Lipinski definition) is 14. The van der Waals surface area contributed by atoms with Crippen molar-refractivity contribution in [2.45, 2.75) is 80.9 Å². The Bertz CT molecular complexity index is 1240. The molecule has 0 spiro atoms. The second-order valence-electron chi connectivity index (χ2n) is 10.2. The molecule has 0 amide bonds. The smallest absolute Gasteiger partial charge is 0.229 e. The number of aliphatic hydroxyl groups excluding tert-OH is 6. The van der Waals surface area contributed by atoms with Crippen LogP contribution >= 0.6 is 0 Å². The number of Topliss-reactive ketones (excluding diaryl/α,β-unsaturated/α-hetero) is 1. The molecule has 0 saturated carbocycles. The van der Waals surface area contributed by atoms with E-state index in [4.69, 9.17) is 23.7 Å². The van der Waals surface area contributed by atoms with Gasteiger partial charge >= 0.3 is 0 Å². The number of rotatable bonds is 6. The maximum atomic E-state index is 12.9. The maximum absolute atomic E-state index is 12.9. The molecule has 14 heteroatoms. The highest BCUT2D eigenvalue weighted by molar-refractivity contribution is 6.02. The van der Waals surface area contributed by atoms with E-state index in [9.17, 15) is 45.6 Å². The van der Waals surface area contributed by atoms with E-state index in [1.807, 2.05) is 0 Å². The van der Waals surface area contributed by atoms with Crippen molar-refractivity contribution in [2.24, 2.45) is 0 Å². The van der Waals surface area contributed by atoms with Crippen molar-refractivity contribution in [1.29, 1.82) is 0 Å². The third kappa shape index (κ3) is 5.70. The molecular formula is C27H32O14. The highest BCUT2D eigenvalue weighted by Gasteiger charge is 2.51. The molecule has 0 radical (unpaired) electrons. The summed E-state index contributed by atoms with van der Waals surface area (Å²) < 4.78 is 28.6. The molecule has 2 fully saturated rings. The largest absolute Gasteiger partial charge is 0.508 e. The summed E-state index contributed by atoms with van der Waals surface area (Å²) >= 11 is 0. The number of carbonyl (C=O) groups excluding carboxylic acids is 1. The van der Waals surface area contributed by atoms with Crippen LogP contribution in [-0.4, -0.2) is 115 Å². The molecule has 0 aromatic heterocycles. The van der Waals surface area contributed by atoms with E-state index in [2.05, 4.69) is 0 Å². The summed E-state index contributed by atoms with van der Waals surface area (Å²) in [6.45, 7) is 0.716. The van der Waals surface area contributed by atoms with Crippen LogP contribution in [0.1, 0.15) is 35.4 Å². The Morgan fingerprint density at radius 2 is 1.59 bits per heavy atom. The van der Waals surface area contributed by atoms with Gasteiger partial charge in [-0.1, -0.05) is 12.1 Å². The van der Waals surface area contributed by atoms with Gasteiger partial charge in [0.05, 0.1) is 19.1 Å². The fourth-order valence-electron chi connectivity index (χ4n) is 5.07. The van der Waals surface area contributed by atoms with E-state index >= 15 is 0 Å². The van der Waals surface area contributed by atoms with Crippen molar-refractivity contribution in [3.63, 3.8) is 0 Å². The summed E-state index contributed by atoms with van der Waals surface area (Å²) in [6.07, 6.45) is -16.0. The van der Waals surface area contributed by atoms with Crippen molar-refractivity contribution >= 4 is 5.78 Å². The number of ether oxygens (including phenoxy) is 5. The Kier molecular flexibility index (Phi) is 8.39. The first-order chi connectivity index (χ1) is 19.5. The van der Waals surface area contributed by atoms with Crippen LogP contribution in [0.5, 0.6) is 23.0 Å². The fraction of sp³-hybridized carbons (Fsp3) is 0.519. The van der Waals surface area contributed by atoms with Crippen LogP contribution in [0.2, 0.25) is 0 Å². The van der Waals surface area contributed by atoms with E-state index in [0.717, 1.165) is 6.07 Å². The molecule has 2 aromatic rings. The van der Waals surface area contributed by atoms with Crippen LogP contribution in [-0.2, 0) is 14.2 Å². The monoisotopic (exact) mass is 580 g/mol. The van der Waals surface area contributed by atoms with Gasteiger partial charge < -0.3 is 64.5 Å². The van der Waals surface area contributed by atoms with Gasteiger partial charge in [-0.2, -0.15) is 0 Å². The molecule has 41 heavy (non-hydrogen) atoms. The van der Waals surface area contributed by atoms with Gasteiger partial charge in [-0.25, -0.2) is 0 Å². The topological polar surface area (TPSA) is 225 Å². The lowest BCUT2D eigenvalue weighted by atomic mass is 9.95. The average Bonchev–Trinajstić information content (AvgIpc) is 2.94. The molecule has 3 aliphatic rings. The van der Waals surface area contributed by atoms with Crippen LogP contribution in [0.25, 0.3) is 0 Å². The van der Waals surface area contributed by atoms with Gasteiger partial charge in [0.25, 0.3) is 0 Å². The Morgan fingerprint density at radius 1 is 0.878 bits per heavy atom. The molecule has 224 valence electrons. The number of phenols is 2. The molecule has 14 nitrogen and oxygen atoms in total. The summed E-state index contributed by atoms with van der Waals surface area (Å²) in [7, 11) is 0. The van der Waals surface area contributed by atoms with Crippen LogP contribution in [0, 0.1) is 0 Å². The Balaban J connectivity index is 1.41. The predicted molar refractivity (Wildman–Crippen MR) is 134 cm³/mol. The van der Waals surface area contributed by atoms with Crippen LogP contribution in [0.15, 0.2) is 36.4 Å². The number of aliphatic hydroxyl groups is 6. The third-order valence-corrected chi connectivity index (χ3v) is 7.42. The molecule has 0 bridgehead atoms. The van der Waals surface area contributed by atoms with Crippen LogP contribution < -0.4 is 9.47 Å². The number of benzene rings is 2. The summed E-state index contributed by atoms with van der Waals surface area (Å²) in [4.78, 5) is 12.9. The second kappa shape index (κ2) is 11.7. The minimum atomic E-state index is -1.75. The van der Waals surface area contributed by atoms with Gasteiger partial charge in [-0.15, -0.1) is 0 Å². The average molecular weight is 581 g/mol. The quantitative estimate of drug-likeness (QED) is 0.202. The van der Waals surface area contributed by atoms with Gasteiger partial charge in [0.15, 0.2) is 18.2 Å². The maximum Gasteiger partial charge on any atom is 0.229 e. The summed E-state index contributed by atoms with van der Waals surface area (Å²) in [5, 5.41) is 81.6. The lowest BCUT2D eigenvalue weighted by Gasteiger charge is -2.45. The molecule has 2 saturated heterocycles. The van der Waals surface area contributed by atoms with Gasteiger partial charge in [-0.3, -0.25) is 4.79 Å². The first kappa shape index (κ1) is 29.4. The number of hydrogen-bond donors (Lipinski definition) is 8. The van der Waals surface area contributed by atoms with Crippen molar-refractivity contribution in [2.75, 3.05) is 6.61 Å². The minimum absolute atomic E-state index is 0.0149. The predicted octanol–water partition coefficient (Wildman–Crippen LogP) is -1.17. The number of fused-ring (bicyclic) bond motifs is 1. The molecule has 8 N–H and O–H groups in total. The standard InChI is InChI=1S/C27H32O14/c1-10-20(32)22(34)24(36)26(37-10)41-25-23(35)21(33)18(9-28)40-27(25)38-13-6-14(30)19-15(31)8-16(39-17(19)7-13)11-2-4-12(29)5-3-11/h2-7,10,16,18,20-30,32-36H,8-9H2,1H3/t10-,16+,18+,20+,21-,22-,23+,24-,25+,26+,27+/m1/s1. The van der Waals surface area contributed by atoms with E-state index in [1.54, 1.807) is 12.1 Å². The van der Waals surface area contributed by atoms with E-state index < -0.39 is 85.7 Å². The normalized spacial score (nSPS) is 37.2. The lowest BCUT2D eigenvalue weighted by molar-refractivity contribution is -0.354. The summed E-state index contributed by atoms with van der Waals surface area (Å²) in [6, 6.07) is 8.50. The molecule has 0 aliphatic carbocycles. The first-order valence-corrected chi connectivity index (χ1v) is 13.0. The third-order valence-electron chi connectivity index (χ3n) is 7.42. The number of phenolic OH excluding ortho intramolecular Hbond substituents is 2. The lowest BCUT2D eigenvalue weighted by Crippen LogP contribution is -2.64. The minimum Gasteiger partial charge on any atom is -0.508 e. The van der Waals surface area contributed by atoms with E-state index in [0.29, 0.717) is 5.56 Å².